The van der Waals surface area contributed by atoms with Crippen LogP contribution in [0.15, 0.2) is 365 Å². The van der Waals surface area contributed by atoms with Gasteiger partial charge in [0, 0.05) is 67.9 Å². The van der Waals surface area contributed by atoms with E-state index in [-0.39, 0.29) is 0 Å². The molecule has 744 valence electrons. The van der Waals surface area contributed by atoms with E-state index in [9.17, 15) is 0 Å². The van der Waals surface area contributed by atoms with E-state index in [0.717, 1.165) is 51.4 Å². The fourth-order valence-corrected chi connectivity index (χ4v) is 24.7. The van der Waals surface area contributed by atoms with Crippen molar-refractivity contribution in [2.45, 2.75) is 218 Å². The summed E-state index contributed by atoms with van der Waals surface area (Å²) in [5.41, 5.74) is 56.9. The molecular weight excluding hydrogens is 1790 g/mol. The molecule has 0 saturated heterocycles. The summed E-state index contributed by atoms with van der Waals surface area (Å²) in [5.74, 6) is 0. The highest BCUT2D eigenvalue weighted by Gasteiger charge is 2.35. The van der Waals surface area contributed by atoms with Gasteiger partial charge in [0.15, 0.2) is 0 Å². The SMILES string of the molecule is CC.CC.CC.CC.CC.CC.CC.CC.CC.CC.CC.CC.c1ccc2c(c1)Cc1c-2ccc2c1Cc1c-2ccc2c3ccccc3n3cccc3c12.c1ccc2c(c1)Cc1cc3c(cc1-2)-c1c(ccc2c4ccccc4n4cccc4c12)C3.c1ccc2c(c1)Cc1cc3c(cc1-2)Cc1ccc2c4ccccc4n4cccc4c2c1-3.c1ccc2c(c1)Cc1ccc3c(c1-2)Cc1c-3ccc2c3ccccc3n3cccc3c12. The number of fused-ring (bicyclic) bond motifs is 54. The van der Waals surface area contributed by atoms with E-state index in [4.69, 9.17) is 0 Å². The number of hydrogen-bond acceptors (Lipinski definition) is 0. The molecular formula is C144H148N4. The van der Waals surface area contributed by atoms with E-state index >= 15 is 0 Å². The third-order valence-corrected chi connectivity index (χ3v) is 29.8. The number of rotatable bonds is 0. The van der Waals surface area contributed by atoms with Gasteiger partial charge >= 0.3 is 0 Å². The summed E-state index contributed by atoms with van der Waals surface area (Å²) < 4.78 is 9.44. The molecule has 0 N–H and O–H groups in total. The Bertz CT molecular complexity index is 9010. The molecule has 4 heteroatoms. The van der Waals surface area contributed by atoms with Gasteiger partial charge in [-0.1, -0.05) is 415 Å². The molecule has 0 radical (unpaired) electrons. The van der Waals surface area contributed by atoms with Crippen LogP contribution in [0.2, 0.25) is 0 Å². The fraction of sp³-hybridized carbons (Fsp3) is 0.222. The Balaban J connectivity index is 0.000000126. The molecule has 0 saturated carbocycles. The van der Waals surface area contributed by atoms with Crippen molar-refractivity contribution in [3.8, 4) is 89.0 Å². The lowest BCUT2D eigenvalue weighted by atomic mass is 9.93. The van der Waals surface area contributed by atoms with E-state index in [1.54, 1.807) is 0 Å². The summed E-state index contributed by atoms with van der Waals surface area (Å²) in [6.07, 6.45) is 17.1. The Morgan fingerprint density at radius 2 is 0.372 bits per heavy atom. The van der Waals surface area contributed by atoms with Crippen molar-refractivity contribution in [3.05, 3.63) is 454 Å². The van der Waals surface area contributed by atoms with Crippen molar-refractivity contribution in [1.29, 1.82) is 0 Å². The zero-order chi connectivity index (χ0) is 104. The zero-order valence-electron chi connectivity index (χ0n) is 92.1. The molecule has 16 aromatic carbocycles. The predicted octanol–water partition coefficient (Wildman–Crippen LogP) is 41.9. The Labute approximate surface area is 880 Å². The minimum Gasteiger partial charge on any atom is -0.316 e. The molecule has 24 aromatic rings. The first-order valence-electron chi connectivity index (χ1n) is 56.2. The van der Waals surface area contributed by atoms with E-state index in [2.05, 4.69) is 382 Å². The van der Waals surface area contributed by atoms with Crippen LogP contribution in [0.5, 0.6) is 0 Å². The maximum atomic E-state index is 2.49. The van der Waals surface area contributed by atoms with Crippen molar-refractivity contribution in [1.82, 2.24) is 17.6 Å². The van der Waals surface area contributed by atoms with Crippen molar-refractivity contribution in [2.75, 3.05) is 0 Å². The standard InChI is InChI=1S/4C30H19N.12C2H6/c1-2-7-20-18(6-1)16-19-11-12-21-22-13-14-24-23-8-3-4-9-27(23)31-15-5-10-28(31)30(24)26(22)17-25(21)29(19)20;1-2-7-19-18(6-1)16-25-20(19)11-12-21-22-13-14-24-23-8-3-4-9-28(23)31-15-5-10-29(31)30(24)27(22)17-26(21)25;1-2-7-22-18(6-1)14-20-17-26-21(16-25(20)22)15-19-11-12-24-23-8-3-4-9-27(23)31-13-5-10-28(31)30(24)29(19)26;1-2-7-22-18(6-1)14-20-16-21-15-19-11-12-24-23-8-3-4-9-27(23)31-13-5-10-28(31)30(24)29(19)26(21)17-25(20)22;12*1-2/h2*1-15H,16-17H2;2*1-13,16-17H,14-15H2;12*1-2H3. The molecule has 0 bridgehead atoms. The molecule has 0 amide bonds. The lowest BCUT2D eigenvalue weighted by Gasteiger charge is -2.14. The average molecular weight is 1930 g/mol. The highest BCUT2D eigenvalue weighted by atomic mass is 14.9. The van der Waals surface area contributed by atoms with Crippen LogP contribution in [0.3, 0.4) is 0 Å². The van der Waals surface area contributed by atoms with Gasteiger partial charge in [0.25, 0.3) is 0 Å². The fourth-order valence-electron chi connectivity index (χ4n) is 24.7. The maximum Gasteiger partial charge on any atom is 0.0541 e. The van der Waals surface area contributed by atoms with E-state index < -0.39 is 0 Å². The second-order valence-corrected chi connectivity index (χ2v) is 35.8. The second kappa shape index (κ2) is 46.2. The lowest BCUT2D eigenvalue weighted by Crippen LogP contribution is -1.94. The molecule has 8 aliphatic carbocycles. The van der Waals surface area contributed by atoms with Crippen LogP contribution in [0, 0.1) is 0 Å². The van der Waals surface area contributed by atoms with Gasteiger partial charge in [-0.05, 0) is 342 Å². The summed E-state index contributed by atoms with van der Waals surface area (Å²) in [5, 5.41) is 16.4. The van der Waals surface area contributed by atoms with Crippen molar-refractivity contribution in [2.24, 2.45) is 0 Å². The number of para-hydroxylation sites is 4. The Morgan fingerprint density at radius 3 is 0.804 bits per heavy atom. The first-order valence-corrected chi connectivity index (χ1v) is 56.2. The largest absolute Gasteiger partial charge is 0.316 e. The molecule has 8 aliphatic rings. The first-order chi connectivity index (χ1) is 73.5. The first kappa shape index (κ1) is 104. The van der Waals surface area contributed by atoms with Crippen LogP contribution in [-0.2, 0) is 51.4 Å². The van der Waals surface area contributed by atoms with Crippen LogP contribution >= 0.6 is 0 Å². The van der Waals surface area contributed by atoms with E-state index in [0.29, 0.717) is 0 Å². The number of nitrogens with zero attached hydrogens (tertiary/aromatic N) is 4. The van der Waals surface area contributed by atoms with Crippen LogP contribution in [0.4, 0.5) is 0 Å². The summed E-state index contributed by atoms with van der Waals surface area (Å²) >= 11 is 0. The van der Waals surface area contributed by atoms with Crippen LogP contribution in [-0.4, -0.2) is 17.6 Å². The molecule has 0 atom stereocenters. The van der Waals surface area contributed by atoms with Gasteiger partial charge in [-0.15, -0.1) is 0 Å². The third kappa shape index (κ3) is 17.1. The summed E-state index contributed by atoms with van der Waals surface area (Å²) in [4.78, 5) is 0. The van der Waals surface area contributed by atoms with Gasteiger partial charge in [0.2, 0.25) is 0 Å². The zero-order valence-corrected chi connectivity index (χ0v) is 92.1. The maximum absolute atomic E-state index is 2.49. The number of hydrogen-bond donors (Lipinski definition) is 0. The van der Waals surface area contributed by atoms with Crippen LogP contribution in [0.25, 0.3) is 198 Å². The lowest BCUT2D eigenvalue weighted by molar-refractivity contribution is 1.17. The van der Waals surface area contributed by atoms with Crippen molar-refractivity contribution < 1.29 is 0 Å². The predicted molar refractivity (Wildman–Crippen MR) is 652 cm³/mol. The molecule has 32 rings (SSSR count). The van der Waals surface area contributed by atoms with Crippen LogP contribution < -0.4 is 0 Å². The summed E-state index contributed by atoms with van der Waals surface area (Å²) in [6.45, 7) is 48.0. The average Bonchev–Trinajstić information content (AvgIpc) is 1.06. The van der Waals surface area contributed by atoms with Gasteiger partial charge in [-0.2, -0.15) is 0 Å². The molecule has 0 aliphatic heterocycles. The molecule has 0 spiro atoms. The van der Waals surface area contributed by atoms with Gasteiger partial charge in [-0.3, -0.25) is 0 Å². The quantitative estimate of drug-likeness (QED) is 0.135. The Hall–Kier alpha value is -15.4. The highest BCUT2D eigenvalue weighted by Crippen LogP contribution is 2.56. The summed E-state index contributed by atoms with van der Waals surface area (Å²) in [7, 11) is 0. The minimum absolute atomic E-state index is 1.01. The normalized spacial score (nSPS) is 11.8. The molecule has 4 nitrogen and oxygen atoms in total. The smallest absolute Gasteiger partial charge is 0.0541 e. The van der Waals surface area contributed by atoms with Gasteiger partial charge in [0.05, 0.1) is 44.1 Å². The summed E-state index contributed by atoms with van der Waals surface area (Å²) in [6, 6.07) is 127. The molecule has 0 fully saturated rings. The van der Waals surface area contributed by atoms with E-state index in [1.807, 2.05) is 166 Å². The number of pyridine rings is 4. The van der Waals surface area contributed by atoms with Gasteiger partial charge < -0.3 is 17.6 Å². The number of aromatic nitrogens is 4. The van der Waals surface area contributed by atoms with Gasteiger partial charge in [0.1, 0.15) is 0 Å². The minimum atomic E-state index is 1.01. The van der Waals surface area contributed by atoms with Gasteiger partial charge in [-0.25, -0.2) is 0 Å². The third-order valence-electron chi connectivity index (χ3n) is 29.8. The Morgan fingerprint density at radius 1 is 0.128 bits per heavy atom. The molecule has 0 unspecified atom stereocenters. The van der Waals surface area contributed by atoms with Crippen molar-refractivity contribution >= 4 is 109 Å². The van der Waals surface area contributed by atoms with Crippen LogP contribution in [0.1, 0.15) is 255 Å². The Kier molecular flexibility index (Phi) is 32.4. The van der Waals surface area contributed by atoms with Crippen molar-refractivity contribution in [3.63, 3.8) is 0 Å². The molecule has 8 aromatic heterocycles. The molecule has 8 heterocycles. The highest BCUT2D eigenvalue weighted by molar-refractivity contribution is 6.23. The van der Waals surface area contributed by atoms with E-state index in [1.165, 1.54) is 287 Å². The number of benzene rings is 16. The topological polar surface area (TPSA) is 17.6 Å². The second-order valence-electron chi connectivity index (χ2n) is 35.8. The monoisotopic (exact) mass is 1930 g/mol. The molecule has 148 heavy (non-hydrogen) atoms.